The highest BCUT2D eigenvalue weighted by atomic mass is 16.5. The molecule has 2 aliphatic heterocycles. The number of aromatic nitrogens is 6. The number of likely N-dealkylation sites (tertiary alicyclic amines) is 1. The van der Waals surface area contributed by atoms with Gasteiger partial charge in [0.2, 0.25) is 17.8 Å². The van der Waals surface area contributed by atoms with Crippen LogP contribution in [0, 0.1) is 13.8 Å². The summed E-state index contributed by atoms with van der Waals surface area (Å²) in [5, 5.41) is 14.5. The van der Waals surface area contributed by atoms with Crippen LogP contribution in [0.2, 0.25) is 0 Å². The SMILES string of the molecule is CCc1ccc(NC(=O)c2nn(C3CCCN(C(=O)/C=C/CN(C)CCCCNC(=O)c4ccc(Nc5ncc6c(n5)N(C5CCCC5)CC(=O)N6C)c(OC)c4)C3)c3ncnc(N)c23)c(C)c1C. The van der Waals surface area contributed by atoms with Crippen LogP contribution in [-0.2, 0) is 16.0 Å². The average Bonchev–Trinajstić information content (AvgIpc) is 4.04. The summed E-state index contributed by atoms with van der Waals surface area (Å²) in [6, 6.07) is 9.20. The van der Waals surface area contributed by atoms with Gasteiger partial charge in [-0.15, -0.1) is 0 Å². The third-order valence-corrected chi connectivity index (χ3v) is 13.8. The van der Waals surface area contributed by atoms with Crippen LogP contribution in [-0.4, -0.2) is 130 Å². The molecule has 69 heavy (non-hydrogen) atoms. The molecule has 4 amide bonds. The van der Waals surface area contributed by atoms with Gasteiger partial charge in [-0.2, -0.15) is 10.1 Å². The Balaban J connectivity index is 0.791. The van der Waals surface area contributed by atoms with Gasteiger partial charge in [0.15, 0.2) is 17.2 Å². The lowest BCUT2D eigenvalue weighted by Crippen LogP contribution is -2.48. The topological polar surface area (TPSA) is 222 Å². The molecule has 1 saturated carbocycles. The number of nitrogens with two attached hydrogens (primary N) is 1. The van der Waals surface area contributed by atoms with Crippen LogP contribution in [0.5, 0.6) is 5.75 Å². The summed E-state index contributed by atoms with van der Waals surface area (Å²) in [5.74, 6) is 1.07. The van der Waals surface area contributed by atoms with Gasteiger partial charge in [0.25, 0.3) is 11.8 Å². The highest BCUT2D eigenvalue weighted by molar-refractivity contribution is 6.13. The molecular formula is C50H64N14O5. The third kappa shape index (κ3) is 10.6. The predicted molar refractivity (Wildman–Crippen MR) is 267 cm³/mol. The van der Waals surface area contributed by atoms with E-state index >= 15 is 0 Å². The second-order valence-corrected chi connectivity index (χ2v) is 18.2. The van der Waals surface area contributed by atoms with Gasteiger partial charge < -0.3 is 46.0 Å². The Morgan fingerprint density at radius 1 is 0.971 bits per heavy atom. The third-order valence-electron chi connectivity index (χ3n) is 13.8. The van der Waals surface area contributed by atoms with E-state index in [0.29, 0.717) is 78.1 Å². The zero-order valence-electron chi connectivity index (χ0n) is 40.5. The Labute approximate surface area is 402 Å². The summed E-state index contributed by atoms with van der Waals surface area (Å²) < 4.78 is 7.39. The van der Waals surface area contributed by atoms with Gasteiger partial charge in [-0.3, -0.25) is 19.2 Å². The van der Waals surface area contributed by atoms with Crippen molar-refractivity contribution in [2.45, 2.75) is 90.6 Å². The number of nitrogens with one attached hydrogen (secondary N) is 3. The number of amides is 4. The molecule has 5 aromatic rings. The number of piperidine rings is 1. The van der Waals surface area contributed by atoms with Gasteiger partial charge in [0, 0.05) is 56.6 Å². The van der Waals surface area contributed by atoms with Gasteiger partial charge in [-0.25, -0.2) is 19.6 Å². The molecule has 5 heterocycles. The maximum absolute atomic E-state index is 13.8. The first-order valence-corrected chi connectivity index (χ1v) is 24.0. The lowest BCUT2D eigenvalue weighted by Gasteiger charge is -2.37. The van der Waals surface area contributed by atoms with Crippen LogP contribution >= 0.6 is 0 Å². The van der Waals surface area contributed by atoms with Gasteiger partial charge in [0.1, 0.15) is 23.6 Å². The standard InChI is InChI=1S/C50H64N14O5/c1-7-33-18-20-37(32(3)31(33)2)56-49(68)44-43-45(51)54-30-55-47(43)64(59-44)36-16-12-25-62(28-36)41(65)17-13-24-60(4)23-11-10-22-52-48(67)34-19-21-38(40(26-34)69-6)57-50-53-27-39-46(58-50)63(29-42(66)61(39)5)35-14-8-9-15-35/h13,17-21,26-27,30,35-36H,7-12,14-16,22-25,28-29H2,1-6H3,(H,52,67)(H,56,68)(H2,51,54,55)(H,53,57,58)/b17-13+. The van der Waals surface area contributed by atoms with Crippen LogP contribution in [0.3, 0.4) is 0 Å². The van der Waals surface area contributed by atoms with Crippen LogP contribution in [0.1, 0.15) is 102 Å². The summed E-state index contributed by atoms with van der Waals surface area (Å²) in [7, 11) is 5.30. The number of carbonyl (C=O) groups excluding carboxylic acids is 4. The summed E-state index contributed by atoms with van der Waals surface area (Å²) in [6.45, 7) is 9.32. The maximum Gasteiger partial charge on any atom is 0.277 e. The highest BCUT2D eigenvalue weighted by Gasteiger charge is 2.35. The van der Waals surface area contributed by atoms with Gasteiger partial charge in [-0.1, -0.05) is 31.9 Å². The van der Waals surface area contributed by atoms with E-state index in [1.54, 1.807) is 54.2 Å². The number of hydrogen-bond donors (Lipinski definition) is 4. The van der Waals surface area contributed by atoms with Crippen molar-refractivity contribution < 1.29 is 23.9 Å². The fourth-order valence-corrected chi connectivity index (χ4v) is 9.59. The summed E-state index contributed by atoms with van der Waals surface area (Å²) in [4.78, 5) is 78.8. The first-order chi connectivity index (χ1) is 33.3. The zero-order valence-corrected chi connectivity index (χ0v) is 40.5. The largest absolute Gasteiger partial charge is 0.495 e. The number of nitrogen functional groups attached to an aromatic ring is 1. The monoisotopic (exact) mass is 941 g/mol. The Bertz CT molecular complexity index is 2750. The summed E-state index contributed by atoms with van der Waals surface area (Å²) in [6.07, 6.45) is 14.9. The van der Waals surface area contributed by atoms with E-state index in [2.05, 4.69) is 54.5 Å². The number of fused-ring (bicyclic) bond motifs is 2. The van der Waals surface area contributed by atoms with Crippen LogP contribution in [0.4, 0.5) is 34.6 Å². The molecule has 19 nitrogen and oxygen atoms in total. The average molecular weight is 941 g/mol. The molecule has 1 unspecified atom stereocenters. The number of unbranched alkanes of at least 4 members (excludes halogenated alkanes) is 1. The van der Waals surface area contributed by atoms with Gasteiger partial charge in [0.05, 0.1) is 37.0 Å². The smallest absolute Gasteiger partial charge is 0.277 e. The predicted octanol–water partition coefficient (Wildman–Crippen LogP) is 5.97. The van der Waals surface area contributed by atoms with Crippen molar-refractivity contribution in [2.75, 3.05) is 86.6 Å². The summed E-state index contributed by atoms with van der Waals surface area (Å²) in [5.41, 5.74) is 12.7. The fourth-order valence-electron chi connectivity index (χ4n) is 9.59. The van der Waals surface area contributed by atoms with E-state index in [9.17, 15) is 19.2 Å². The number of nitrogens with zero attached hydrogens (tertiary/aromatic N) is 10. The van der Waals surface area contributed by atoms with Crippen molar-refractivity contribution in [3.05, 3.63) is 83.0 Å². The minimum Gasteiger partial charge on any atom is -0.495 e. The van der Waals surface area contributed by atoms with Crippen molar-refractivity contribution in [3.63, 3.8) is 0 Å². The second-order valence-electron chi connectivity index (χ2n) is 18.2. The van der Waals surface area contributed by atoms with Crippen LogP contribution < -0.4 is 36.2 Å². The van der Waals surface area contributed by atoms with Crippen molar-refractivity contribution >= 4 is 69.3 Å². The molecule has 0 radical (unpaired) electrons. The Hall–Kier alpha value is -7.15. The number of carbonyl (C=O) groups is 4. The molecule has 3 aliphatic rings. The molecule has 1 aliphatic carbocycles. The van der Waals surface area contributed by atoms with Crippen LogP contribution in [0.15, 0.2) is 55.0 Å². The molecule has 3 aromatic heterocycles. The Kier molecular flexibility index (Phi) is 15.0. The molecule has 8 rings (SSSR count). The van der Waals surface area contributed by atoms with E-state index in [-0.39, 0.29) is 41.3 Å². The first kappa shape index (κ1) is 48.3. The molecule has 364 valence electrons. The normalized spacial score (nSPS) is 16.4. The molecular weight excluding hydrogens is 877 g/mol. The Morgan fingerprint density at radius 3 is 2.54 bits per heavy atom. The molecule has 2 aromatic carbocycles. The molecule has 0 spiro atoms. The number of likely N-dealkylation sites (N-methyl/N-ethyl adjacent to an activating group) is 2. The van der Waals surface area contributed by atoms with Crippen molar-refractivity contribution in [3.8, 4) is 5.75 Å². The molecule has 1 saturated heterocycles. The number of methoxy groups -OCH3 is 1. The lowest BCUT2D eigenvalue weighted by atomic mass is 10.00. The van der Waals surface area contributed by atoms with Crippen molar-refractivity contribution in [1.29, 1.82) is 0 Å². The number of anilines is 6. The fraction of sp³-hybridized carbons (Fsp3) is 0.460. The molecule has 5 N–H and O–H groups in total. The highest BCUT2D eigenvalue weighted by Crippen LogP contribution is 2.38. The van der Waals surface area contributed by atoms with E-state index in [1.165, 1.54) is 11.9 Å². The molecule has 2 fully saturated rings. The number of hydrogen-bond acceptors (Lipinski definition) is 14. The number of ether oxygens (including phenoxy) is 1. The molecule has 1 atom stereocenters. The van der Waals surface area contributed by atoms with Gasteiger partial charge in [-0.05, 0) is 113 Å². The van der Waals surface area contributed by atoms with Gasteiger partial charge >= 0.3 is 0 Å². The minimum atomic E-state index is -0.400. The van der Waals surface area contributed by atoms with E-state index in [1.807, 2.05) is 37.1 Å². The summed E-state index contributed by atoms with van der Waals surface area (Å²) >= 11 is 0. The number of aryl methyl sites for hydroxylation is 1. The Morgan fingerprint density at radius 2 is 1.75 bits per heavy atom. The first-order valence-electron chi connectivity index (χ1n) is 24.0. The van der Waals surface area contributed by atoms with Crippen LogP contribution in [0.25, 0.3) is 11.0 Å². The van der Waals surface area contributed by atoms with Crippen molar-refractivity contribution in [1.82, 2.24) is 44.8 Å². The number of benzene rings is 2. The van der Waals surface area contributed by atoms with E-state index in [0.717, 1.165) is 81.3 Å². The second kappa shape index (κ2) is 21.4. The van der Waals surface area contributed by atoms with Crippen molar-refractivity contribution in [2.24, 2.45) is 0 Å². The molecule has 19 heteroatoms. The van der Waals surface area contributed by atoms with E-state index in [4.69, 9.17) is 20.6 Å². The molecule has 0 bridgehead atoms. The lowest BCUT2D eigenvalue weighted by molar-refractivity contribution is -0.127. The maximum atomic E-state index is 13.8. The van der Waals surface area contributed by atoms with E-state index < -0.39 is 5.91 Å². The number of rotatable bonds is 17. The quantitative estimate of drug-likeness (QED) is 0.0624. The minimum absolute atomic E-state index is 0.0221. The zero-order chi connectivity index (χ0) is 48.8.